The number of hydrazine groups is 1. The van der Waals surface area contributed by atoms with Crippen LogP contribution >= 0.6 is 11.6 Å². The van der Waals surface area contributed by atoms with Crippen LogP contribution in [0, 0.1) is 0 Å². The first kappa shape index (κ1) is 24.5. The minimum Gasteiger partial charge on any atom is -0.493 e. The van der Waals surface area contributed by atoms with E-state index < -0.39 is 6.04 Å². The van der Waals surface area contributed by atoms with Gasteiger partial charge >= 0.3 is 0 Å². The van der Waals surface area contributed by atoms with Crippen LogP contribution < -0.4 is 30.5 Å². The van der Waals surface area contributed by atoms with Crippen molar-refractivity contribution in [2.45, 2.75) is 25.1 Å². The van der Waals surface area contributed by atoms with Gasteiger partial charge in [-0.05, 0) is 53.9 Å². The molecule has 3 N–H and O–H groups in total. The van der Waals surface area contributed by atoms with Crippen molar-refractivity contribution in [3.63, 3.8) is 0 Å². The topological polar surface area (TPSA) is 93.2 Å². The molecular formula is C26H27ClN4O4. The van der Waals surface area contributed by atoms with Crippen LogP contribution in [0.15, 0.2) is 71.8 Å². The Bertz CT molecular complexity index is 1190. The van der Waals surface area contributed by atoms with Gasteiger partial charge in [-0.25, -0.2) is 16.3 Å². The summed E-state index contributed by atoms with van der Waals surface area (Å²) in [5.41, 5.74) is 11.5. The third kappa shape index (κ3) is 6.30. The third-order valence-electron chi connectivity index (χ3n) is 5.65. The van der Waals surface area contributed by atoms with Crippen molar-refractivity contribution >= 4 is 23.7 Å². The molecule has 1 fully saturated rings. The molecule has 2 atom stereocenters. The predicted molar refractivity (Wildman–Crippen MR) is 135 cm³/mol. The van der Waals surface area contributed by atoms with Gasteiger partial charge in [-0.15, -0.1) is 0 Å². The van der Waals surface area contributed by atoms with E-state index in [1.54, 1.807) is 32.6 Å². The molecule has 0 spiro atoms. The van der Waals surface area contributed by atoms with Gasteiger partial charge in [0.2, 0.25) is 0 Å². The van der Waals surface area contributed by atoms with Crippen LogP contribution in [-0.4, -0.2) is 32.4 Å². The number of amides is 1. The van der Waals surface area contributed by atoms with Crippen LogP contribution in [0.1, 0.15) is 29.2 Å². The fraction of sp³-hybridized carbons (Fsp3) is 0.231. The Balaban J connectivity index is 1.27. The van der Waals surface area contributed by atoms with E-state index in [1.807, 2.05) is 54.6 Å². The lowest BCUT2D eigenvalue weighted by Crippen LogP contribution is -2.41. The minimum atomic E-state index is -0.418. The molecule has 0 aromatic heterocycles. The van der Waals surface area contributed by atoms with E-state index in [0.29, 0.717) is 29.5 Å². The molecule has 8 nitrogen and oxygen atoms in total. The van der Waals surface area contributed by atoms with Crippen molar-refractivity contribution in [2.24, 2.45) is 5.10 Å². The molecule has 182 valence electrons. The van der Waals surface area contributed by atoms with Gasteiger partial charge in [-0.1, -0.05) is 41.9 Å². The van der Waals surface area contributed by atoms with E-state index in [1.165, 1.54) is 0 Å². The quantitative estimate of drug-likeness (QED) is 0.307. The lowest BCUT2D eigenvalue weighted by atomic mass is 10.0. The zero-order valence-electron chi connectivity index (χ0n) is 19.5. The lowest BCUT2D eigenvalue weighted by molar-refractivity contribution is -0.122. The van der Waals surface area contributed by atoms with Gasteiger partial charge in [0.1, 0.15) is 18.4 Å². The number of rotatable bonds is 9. The van der Waals surface area contributed by atoms with Crippen molar-refractivity contribution in [2.75, 3.05) is 14.2 Å². The molecular weight excluding hydrogens is 468 g/mol. The SMILES string of the molecule is COc1ccc(/C=N/NC(=O)C2CC(c3ccc(OCc4ccccc4Cl)cc3)NN2)cc1OC. The van der Waals surface area contributed by atoms with Crippen molar-refractivity contribution in [3.05, 3.63) is 88.4 Å². The third-order valence-corrected chi connectivity index (χ3v) is 6.02. The molecule has 0 radical (unpaired) electrons. The van der Waals surface area contributed by atoms with Crippen molar-refractivity contribution in [3.8, 4) is 17.2 Å². The van der Waals surface area contributed by atoms with Crippen LogP contribution in [0.5, 0.6) is 17.2 Å². The van der Waals surface area contributed by atoms with Gasteiger partial charge in [0.15, 0.2) is 11.5 Å². The largest absolute Gasteiger partial charge is 0.493 e. The average molecular weight is 495 g/mol. The van der Waals surface area contributed by atoms with Gasteiger partial charge in [-0.2, -0.15) is 5.10 Å². The van der Waals surface area contributed by atoms with Crippen LogP contribution in [-0.2, 0) is 11.4 Å². The van der Waals surface area contributed by atoms with Gasteiger partial charge in [0.25, 0.3) is 5.91 Å². The maximum Gasteiger partial charge on any atom is 0.258 e. The van der Waals surface area contributed by atoms with Crippen LogP contribution in [0.4, 0.5) is 0 Å². The second-order valence-corrected chi connectivity index (χ2v) is 8.33. The zero-order valence-corrected chi connectivity index (χ0v) is 20.2. The Morgan fingerprint density at radius 3 is 2.57 bits per heavy atom. The highest BCUT2D eigenvalue weighted by Gasteiger charge is 2.30. The molecule has 2 unspecified atom stereocenters. The van der Waals surface area contributed by atoms with E-state index in [2.05, 4.69) is 21.4 Å². The molecule has 0 aliphatic carbocycles. The Hall–Kier alpha value is -3.59. The summed E-state index contributed by atoms with van der Waals surface area (Å²) in [5.74, 6) is 1.74. The van der Waals surface area contributed by atoms with Crippen LogP contribution in [0.25, 0.3) is 0 Å². The molecule has 1 aliphatic rings. The predicted octanol–water partition coefficient (Wildman–Crippen LogP) is 3.99. The van der Waals surface area contributed by atoms with Crippen LogP contribution in [0.2, 0.25) is 5.02 Å². The lowest BCUT2D eigenvalue weighted by Gasteiger charge is -2.12. The molecule has 3 aromatic carbocycles. The molecule has 35 heavy (non-hydrogen) atoms. The highest BCUT2D eigenvalue weighted by molar-refractivity contribution is 6.31. The molecule has 0 bridgehead atoms. The van der Waals surface area contributed by atoms with Crippen LogP contribution in [0.3, 0.4) is 0 Å². The number of hydrogen-bond acceptors (Lipinski definition) is 7. The summed E-state index contributed by atoms with van der Waals surface area (Å²) in [6, 6.07) is 20.3. The van der Waals surface area contributed by atoms with Gasteiger partial charge in [0, 0.05) is 16.6 Å². The summed E-state index contributed by atoms with van der Waals surface area (Å²) >= 11 is 6.18. The number of nitrogens with one attached hydrogen (secondary N) is 3. The molecule has 3 aromatic rings. The molecule has 1 amide bonds. The van der Waals surface area contributed by atoms with Crippen molar-refractivity contribution in [1.82, 2.24) is 16.3 Å². The maximum atomic E-state index is 12.5. The Morgan fingerprint density at radius 2 is 1.83 bits per heavy atom. The number of carbonyl (C=O) groups is 1. The maximum absolute atomic E-state index is 12.5. The summed E-state index contributed by atoms with van der Waals surface area (Å²) in [5, 5.41) is 4.75. The van der Waals surface area contributed by atoms with E-state index in [-0.39, 0.29) is 11.9 Å². The van der Waals surface area contributed by atoms with Gasteiger partial charge in [-0.3, -0.25) is 4.79 Å². The highest BCUT2D eigenvalue weighted by Crippen LogP contribution is 2.27. The molecule has 9 heteroatoms. The van der Waals surface area contributed by atoms with Crippen molar-refractivity contribution < 1.29 is 19.0 Å². The zero-order chi connectivity index (χ0) is 24.6. The molecule has 1 heterocycles. The normalized spacial score (nSPS) is 17.3. The highest BCUT2D eigenvalue weighted by atomic mass is 35.5. The first-order valence-corrected chi connectivity index (χ1v) is 11.5. The number of halogens is 1. The minimum absolute atomic E-state index is 0.0156. The average Bonchev–Trinajstić information content (AvgIpc) is 3.39. The first-order valence-electron chi connectivity index (χ1n) is 11.1. The number of nitrogens with zero attached hydrogens (tertiary/aromatic N) is 1. The number of carbonyl (C=O) groups excluding carboxylic acids is 1. The van der Waals surface area contributed by atoms with E-state index in [0.717, 1.165) is 22.4 Å². The number of hydrazone groups is 1. The molecule has 4 rings (SSSR count). The van der Waals surface area contributed by atoms with E-state index in [9.17, 15) is 4.79 Å². The second-order valence-electron chi connectivity index (χ2n) is 7.93. The fourth-order valence-electron chi connectivity index (χ4n) is 3.70. The first-order chi connectivity index (χ1) is 17.1. The number of methoxy groups -OCH3 is 2. The van der Waals surface area contributed by atoms with E-state index in [4.69, 9.17) is 25.8 Å². The smallest absolute Gasteiger partial charge is 0.258 e. The molecule has 1 saturated heterocycles. The molecule has 0 saturated carbocycles. The summed E-state index contributed by atoms with van der Waals surface area (Å²) in [6.07, 6.45) is 2.14. The number of ether oxygens (including phenoxy) is 3. The van der Waals surface area contributed by atoms with Crippen molar-refractivity contribution in [1.29, 1.82) is 0 Å². The number of hydrogen-bond donors (Lipinski definition) is 3. The summed E-state index contributed by atoms with van der Waals surface area (Å²) in [7, 11) is 3.14. The summed E-state index contributed by atoms with van der Waals surface area (Å²) < 4.78 is 16.3. The second kappa shape index (κ2) is 11.7. The van der Waals surface area contributed by atoms with Gasteiger partial charge < -0.3 is 14.2 Å². The van der Waals surface area contributed by atoms with E-state index >= 15 is 0 Å². The Kier molecular flexibility index (Phi) is 8.20. The standard InChI is InChI=1S/C26H27ClN4O4/c1-33-24-12-7-17(13-25(24)34-2)15-28-31-26(32)23-14-22(29-30-23)18-8-10-20(11-9-18)35-16-19-5-3-4-6-21(19)27/h3-13,15,22-23,29-30H,14,16H2,1-2H3,(H,31,32)/b28-15+. The molecule has 1 aliphatic heterocycles. The number of benzene rings is 3. The summed E-state index contributed by atoms with van der Waals surface area (Å²) in [4.78, 5) is 12.5. The Morgan fingerprint density at radius 1 is 1.06 bits per heavy atom. The fourth-order valence-corrected chi connectivity index (χ4v) is 3.89. The Labute approximate surface area is 209 Å². The van der Waals surface area contributed by atoms with Gasteiger partial charge in [0.05, 0.1) is 20.4 Å². The monoisotopic (exact) mass is 494 g/mol. The summed E-state index contributed by atoms with van der Waals surface area (Å²) in [6.45, 7) is 0.397.